The molecular formula is C19H24O3. The zero-order valence-corrected chi connectivity index (χ0v) is 13.0. The van der Waals surface area contributed by atoms with E-state index >= 15 is 0 Å². The minimum absolute atomic E-state index is 0.0926. The molecular weight excluding hydrogens is 276 g/mol. The molecule has 0 N–H and O–H groups in total. The second kappa shape index (κ2) is 6.15. The summed E-state index contributed by atoms with van der Waals surface area (Å²) in [6, 6.07) is 10.4. The molecule has 0 unspecified atom stereocenters. The van der Waals surface area contributed by atoms with Crippen LogP contribution in [0.1, 0.15) is 56.9 Å². The van der Waals surface area contributed by atoms with Crippen molar-refractivity contribution in [3.05, 3.63) is 42.0 Å². The molecule has 2 aliphatic carbocycles. The minimum atomic E-state index is -0.489. The Balaban J connectivity index is 1.54. The first kappa shape index (κ1) is 14.4. The van der Waals surface area contributed by atoms with Crippen molar-refractivity contribution in [2.24, 2.45) is 0 Å². The van der Waals surface area contributed by atoms with E-state index in [1.807, 2.05) is 6.07 Å². The summed E-state index contributed by atoms with van der Waals surface area (Å²) in [4.78, 5) is 11.7. The smallest absolute Gasteiger partial charge is 0.201 e. The number of benzene rings is 1. The Morgan fingerprint density at radius 3 is 2.50 bits per heavy atom. The van der Waals surface area contributed by atoms with Crippen LogP contribution in [-0.2, 0) is 14.5 Å². The second-order valence-corrected chi connectivity index (χ2v) is 6.68. The van der Waals surface area contributed by atoms with Gasteiger partial charge in [0.25, 0.3) is 0 Å². The van der Waals surface area contributed by atoms with Crippen molar-refractivity contribution in [2.75, 3.05) is 0 Å². The lowest BCUT2D eigenvalue weighted by molar-refractivity contribution is -0.496. The van der Waals surface area contributed by atoms with E-state index < -0.39 is 5.79 Å². The first-order valence-corrected chi connectivity index (χ1v) is 8.64. The molecule has 118 valence electrons. The molecule has 1 aliphatic heterocycles. The topological polar surface area (TPSA) is 27.7 Å². The maximum Gasteiger partial charge on any atom is 0.201 e. The highest BCUT2D eigenvalue weighted by Gasteiger charge is 2.46. The Labute approximate surface area is 132 Å². The zero-order chi connectivity index (χ0) is 14.8. The van der Waals surface area contributed by atoms with E-state index in [-0.39, 0.29) is 12.2 Å². The van der Waals surface area contributed by atoms with Gasteiger partial charge in [0.1, 0.15) is 6.10 Å². The lowest BCUT2D eigenvalue weighted by Crippen LogP contribution is -2.51. The average Bonchev–Trinajstić information content (AvgIpc) is 2.80. The summed E-state index contributed by atoms with van der Waals surface area (Å²) in [5.41, 5.74) is 2.42. The van der Waals surface area contributed by atoms with Crippen LogP contribution in [-0.4, -0.2) is 18.0 Å². The SMILES string of the molecule is C1=C(c2ccccc2)[C@@H]2OOC3(CCCCCC3)O[C@H]2CC1. The molecule has 3 aliphatic rings. The van der Waals surface area contributed by atoms with Gasteiger partial charge >= 0.3 is 0 Å². The van der Waals surface area contributed by atoms with Crippen LogP contribution >= 0.6 is 0 Å². The molecule has 0 amide bonds. The van der Waals surface area contributed by atoms with Crippen molar-refractivity contribution in [1.82, 2.24) is 0 Å². The highest BCUT2D eigenvalue weighted by atomic mass is 17.2. The number of hydrogen-bond acceptors (Lipinski definition) is 3. The van der Waals surface area contributed by atoms with Gasteiger partial charge in [0.05, 0.1) is 6.10 Å². The minimum Gasteiger partial charge on any atom is -0.341 e. The Kier molecular flexibility index (Phi) is 4.03. The summed E-state index contributed by atoms with van der Waals surface area (Å²) >= 11 is 0. The number of fused-ring (bicyclic) bond motifs is 1. The molecule has 1 saturated carbocycles. The molecule has 2 fully saturated rings. The Morgan fingerprint density at radius 2 is 1.73 bits per heavy atom. The van der Waals surface area contributed by atoms with Gasteiger partial charge in [0.15, 0.2) is 0 Å². The number of allylic oxidation sites excluding steroid dienone is 1. The standard InChI is InChI=1S/C19H24O3/c1-2-7-14-19(13-6-1)20-17-12-8-11-16(18(17)21-22-19)15-9-4-3-5-10-15/h3-5,9-11,17-18H,1-2,6-8,12-14H2/t17-,18-/m0/s1. The third kappa shape index (κ3) is 2.73. The molecule has 1 heterocycles. The molecule has 1 spiro atoms. The van der Waals surface area contributed by atoms with E-state index in [0.717, 1.165) is 25.7 Å². The third-order valence-electron chi connectivity index (χ3n) is 5.10. The molecule has 3 nitrogen and oxygen atoms in total. The largest absolute Gasteiger partial charge is 0.341 e. The average molecular weight is 300 g/mol. The van der Waals surface area contributed by atoms with Gasteiger partial charge in [0.2, 0.25) is 5.79 Å². The molecule has 2 atom stereocenters. The van der Waals surface area contributed by atoms with Crippen molar-refractivity contribution < 1.29 is 14.5 Å². The molecule has 0 bridgehead atoms. The fourth-order valence-corrected chi connectivity index (χ4v) is 3.92. The number of hydrogen-bond donors (Lipinski definition) is 0. The predicted molar refractivity (Wildman–Crippen MR) is 84.9 cm³/mol. The van der Waals surface area contributed by atoms with Gasteiger partial charge in [-0.3, -0.25) is 0 Å². The van der Waals surface area contributed by atoms with Crippen molar-refractivity contribution in [3.63, 3.8) is 0 Å². The van der Waals surface area contributed by atoms with Crippen molar-refractivity contribution in [3.8, 4) is 0 Å². The van der Waals surface area contributed by atoms with Gasteiger partial charge in [-0.2, -0.15) is 0 Å². The van der Waals surface area contributed by atoms with E-state index in [4.69, 9.17) is 14.5 Å². The highest BCUT2D eigenvalue weighted by molar-refractivity contribution is 5.70. The van der Waals surface area contributed by atoms with E-state index in [2.05, 4.69) is 30.3 Å². The monoisotopic (exact) mass is 300 g/mol. The molecule has 1 saturated heterocycles. The van der Waals surface area contributed by atoms with Crippen LogP contribution in [0.25, 0.3) is 5.57 Å². The molecule has 3 heteroatoms. The molecule has 4 rings (SSSR count). The summed E-state index contributed by atoms with van der Waals surface area (Å²) in [5, 5.41) is 0. The maximum absolute atomic E-state index is 6.46. The molecule has 1 aromatic carbocycles. The van der Waals surface area contributed by atoms with E-state index in [1.165, 1.54) is 36.8 Å². The third-order valence-corrected chi connectivity index (χ3v) is 5.10. The van der Waals surface area contributed by atoms with E-state index in [1.54, 1.807) is 0 Å². The Hall–Kier alpha value is -1.16. The predicted octanol–water partition coefficient (Wildman–Crippen LogP) is 4.63. The first-order valence-electron chi connectivity index (χ1n) is 8.64. The van der Waals surface area contributed by atoms with Gasteiger partial charge < -0.3 is 4.74 Å². The van der Waals surface area contributed by atoms with Crippen LogP contribution in [0, 0.1) is 0 Å². The lowest BCUT2D eigenvalue weighted by atomic mass is 9.88. The van der Waals surface area contributed by atoms with Crippen LogP contribution < -0.4 is 0 Å². The van der Waals surface area contributed by atoms with Crippen molar-refractivity contribution in [2.45, 2.75) is 69.4 Å². The lowest BCUT2D eigenvalue weighted by Gasteiger charge is -2.45. The second-order valence-electron chi connectivity index (χ2n) is 6.68. The fourth-order valence-electron chi connectivity index (χ4n) is 3.92. The van der Waals surface area contributed by atoms with Crippen LogP contribution in [0.2, 0.25) is 0 Å². The molecule has 0 radical (unpaired) electrons. The number of rotatable bonds is 1. The summed E-state index contributed by atoms with van der Waals surface area (Å²) < 4.78 is 6.46. The fraction of sp³-hybridized carbons (Fsp3) is 0.579. The quantitative estimate of drug-likeness (QED) is 0.708. The zero-order valence-electron chi connectivity index (χ0n) is 13.0. The van der Waals surface area contributed by atoms with E-state index in [0.29, 0.717) is 0 Å². The van der Waals surface area contributed by atoms with Gasteiger partial charge in [-0.25, -0.2) is 9.78 Å². The number of ether oxygens (including phenoxy) is 1. The van der Waals surface area contributed by atoms with Crippen LogP contribution in [0.3, 0.4) is 0 Å². The summed E-state index contributed by atoms with van der Waals surface area (Å²) in [5.74, 6) is -0.489. The van der Waals surface area contributed by atoms with Gasteiger partial charge in [-0.15, -0.1) is 0 Å². The van der Waals surface area contributed by atoms with Crippen molar-refractivity contribution in [1.29, 1.82) is 0 Å². The first-order chi connectivity index (χ1) is 10.9. The van der Waals surface area contributed by atoms with Crippen LogP contribution in [0.4, 0.5) is 0 Å². The summed E-state index contributed by atoms with van der Waals surface area (Å²) in [6.07, 6.45) is 11.2. The maximum atomic E-state index is 6.46. The van der Waals surface area contributed by atoms with Gasteiger partial charge in [-0.05, 0) is 36.8 Å². The van der Waals surface area contributed by atoms with Crippen molar-refractivity contribution >= 4 is 5.57 Å². The summed E-state index contributed by atoms with van der Waals surface area (Å²) in [7, 11) is 0. The van der Waals surface area contributed by atoms with Crippen LogP contribution in [0.5, 0.6) is 0 Å². The molecule has 1 aromatic rings. The Morgan fingerprint density at radius 1 is 0.955 bits per heavy atom. The normalized spacial score (nSPS) is 31.2. The highest BCUT2D eigenvalue weighted by Crippen LogP contribution is 2.42. The van der Waals surface area contributed by atoms with Gasteiger partial charge in [-0.1, -0.05) is 49.2 Å². The molecule has 0 aromatic heterocycles. The van der Waals surface area contributed by atoms with Crippen LogP contribution in [0.15, 0.2) is 36.4 Å². The summed E-state index contributed by atoms with van der Waals surface area (Å²) in [6.45, 7) is 0. The molecule has 22 heavy (non-hydrogen) atoms. The Bertz CT molecular complexity index is 529. The van der Waals surface area contributed by atoms with Gasteiger partial charge in [0, 0.05) is 12.8 Å². The van der Waals surface area contributed by atoms with E-state index in [9.17, 15) is 0 Å².